The van der Waals surface area contributed by atoms with Crippen LogP contribution in [0.25, 0.3) is 11.1 Å². The minimum absolute atomic E-state index is 0.145. The largest absolute Gasteiger partial charge is 0.322 e. The predicted octanol–water partition coefficient (Wildman–Crippen LogP) is 4.78. The van der Waals surface area contributed by atoms with Gasteiger partial charge < -0.3 is 10.2 Å². The molecule has 122 valence electrons. The lowest BCUT2D eigenvalue weighted by atomic mass is 10.1. The Bertz CT molecular complexity index is 812. The number of nitrogens with one attached hydrogen (secondary N) is 1. The third kappa shape index (κ3) is 4.00. The van der Waals surface area contributed by atoms with Gasteiger partial charge in [-0.1, -0.05) is 42.5 Å². The first-order chi connectivity index (χ1) is 11.6. The second kappa shape index (κ2) is 7.27. The molecular formula is C19H19N3OS. The van der Waals surface area contributed by atoms with Gasteiger partial charge in [0.2, 0.25) is 0 Å². The van der Waals surface area contributed by atoms with Gasteiger partial charge in [-0.25, -0.2) is 9.78 Å². The molecule has 24 heavy (non-hydrogen) atoms. The van der Waals surface area contributed by atoms with Crippen LogP contribution in [-0.2, 0) is 6.54 Å². The van der Waals surface area contributed by atoms with Gasteiger partial charge in [-0.3, -0.25) is 0 Å². The third-order valence-electron chi connectivity index (χ3n) is 3.66. The van der Waals surface area contributed by atoms with Gasteiger partial charge in [-0.15, -0.1) is 11.3 Å². The number of hydrogen-bond acceptors (Lipinski definition) is 3. The van der Waals surface area contributed by atoms with Crippen molar-refractivity contribution in [3.8, 4) is 11.1 Å². The van der Waals surface area contributed by atoms with E-state index in [9.17, 15) is 4.79 Å². The Morgan fingerprint density at radius 3 is 2.38 bits per heavy atom. The number of amides is 2. The maximum Gasteiger partial charge on any atom is 0.321 e. The number of anilines is 1. The maximum absolute atomic E-state index is 12.3. The Morgan fingerprint density at radius 2 is 1.75 bits per heavy atom. The highest BCUT2D eigenvalue weighted by atomic mass is 32.1. The van der Waals surface area contributed by atoms with E-state index >= 15 is 0 Å². The molecule has 0 unspecified atom stereocenters. The van der Waals surface area contributed by atoms with Crippen LogP contribution in [0.15, 0.2) is 60.0 Å². The fourth-order valence-corrected chi connectivity index (χ4v) is 2.99. The molecule has 1 aromatic heterocycles. The lowest BCUT2D eigenvalue weighted by Crippen LogP contribution is -2.30. The van der Waals surface area contributed by atoms with E-state index in [1.54, 1.807) is 23.3 Å². The second-order valence-electron chi connectivity index (χ2n) is 5.59. The summed E-state index contributed by atoms with van der Waals surface area (Å²) >= 11 is 1.59. The van der Waals surface area contributed by atoms with Gasteiger partial charge in [0.05, 0.1) is 17.2 Å². The Balaban J connectivity index is 1.62. The number of urea groups is 1. The minimum atomic E-state index is -0.145. The lowest BCUT2D eigenvalue weighted by molar-refractivity contribution is 0.220. The molecule has 0 spiro atoms. The molecule has 1 N–H and O–H groups in total. The number of hydrogen-bond donors (Lipinski definition) is 1. The molecule has 0 saturated carbocycles. The Labute approximate surface area is 145 Å². The number of thiazole rings is 1. The number of carbonyl (C=O) groups excluding carboxylic acids is 1. The summed E-state index contributed by atoms with van der Waals surface area (Å²) in [5.41, 5.74) is 3.97. The van der Waals surface area contributed by atoms with E-state index in [1.807, 2.05) is 54.8 Å². The van der Waals surface area contributed by atoms with E-state index in [4.69, 9.17) is 0 Å². The molecule has 0 atom stereocenters. The van der Waals surface area contributed by atoms with Crippen LogP contribution in [0.2, 0.25) is 0 Å². The van der Waals surface area contributed by atoms with Gasteiger partial charge in [0, 0.05) is 18.1 Å². The van der Waals surface area contributed by atoms with Crippen LogP contribution in [0.5, 0.6) is 0 Å². The van der Waals surface area contributed by atoms with E-state index in [2.05, 4.69) is 22.4 Å². The molecule has 0 aliphatic heterocycles. The summed E-state index contributed by atoms with van der Waals surface area (Å²) in [6.07, 6.45) is 0. The van der Waals surface area contributed by atoms with Crippen LogP contribution >= 0.6 is 11.3 Å². The molecule has 4 nitrogen and oxygen atoms in total. The number of aryl methyl sites for hydroxylation is 1. The molecule has 0 saturated heterocycles. The van der Waals surface area contributed by atoms with Gasteiger partial charge in [0.15, 0.2) is 0 Å². The first-order valence-electron chi connectivity index (χ1n) is 7.70. The molecule has 3 aromatic rings. The van der Waals surface area contributed by atoms with Gasteiger partial charge in [-0.2, -0.15) is 0 Å². The highest BCUT2D eigenvalue weighted by Gasteiger charge is 2.11. The Hall–Kier alpha value is -2.66. The summed E-state index contributed by atoms with van der Waals surface area (Å²) in [6.45, 7) is 2.46. The molecule has 2 amide bonds. The average Bonchev–Trinajstić information content (AvgIpc) is 3.01. The predicted molar refractivity (Wildman–Crippen MR) is 99.2 cm³/mol. The highest BCUT2D eigenvalue weighted by molar-refractivity contribution is 7.09. The molecule has 0 bridgehead atoms. The van der Waals surface area contributed by atoms with Crippen LogP contribution in [0.3, 0.4) is 0 Å². The summed E-state index contributed by atoms with van der Waals surface area (Å²) < 4.78 is 0. The number of rotatable bonds is 4. The monoisotopic (exact) mass is 337 g/mol. The summed E-state index contributed by atoms with van der Waals surface area (Å²) in [4.78, 5) is 18.3. The Kier molecular flexibility index (Phi) is 4.91. The highest BCUT2D eigenvalue weighted by Crippen LogP contribution is 2.21. The molecule has 0 radical (unpaired) electrons. The van der Waals surface area contributed by atoms with E-state index in [-0.39, 0.29) is 6.03 Å². The SMILES string of the molecule is Cc1nc(CN(C)C(=O)Nc2ccc(-c3ccccc3)cc2)cs1. The van der Waals surface area contributed by atoms with Gasteiger partial charge in [-0.05, 0) is 30.2 Å². The number of benzene rings is 2. The third-order valence-corrected chi connectivity index (χ3v) is 4.48. The first-order valence-corrected chi connectivity index (χ1v) is 8.58. The van der Waals surface area contributed by atoms with Crippen molar-refractivity contribution >= 4 is 23.1 Å². The zero-order valence-corrected chi connectivity index (χ0v) is 14.5. The average molecular weight is 337 g/mol. The zero-order valence-electron chi connectivity index (χ0n) is 13.7. The van der Waals surface area contributed by atoms with Crippen LogP contribution in [-0.4, -0.2) is 23.0 Å². The molecule has 0 aliphatic rings. The maximum atomic E-state index is 12.3. The van der Waals surface area contributed by atoms with Crippen molar-refractivity contribution in [2.24, 2.45) is 0 Å². The summed E-state index contributed by atoms with van der Waals surface area (Å²) in [7, 11) is 1.77. The van der Waals surface area contributed by atoms with Crippen molar-refractivity contribution in [3.63, 3.8) is 0 Å². The summed E-state index contributed by atoms with van der Waals surface area (Å²) in [5, 5.41) is 5.90. The Morgan fingerprint density at radius 1 is 1.08 bits per heavy atom. The molecule has 5 heteroatoms. The van der Waals surface area contributed by atoms with E-state index in [0.29, 0.717) is 6.54 Å². The van der Waals surface area contributed by atoms with Gasteiger partial charge in [0.25, 0.3) is 0 Å². The number of nitrogens with zero attached hydrogens (tertiary/aromatic N) is 2. The van der Waals surface area contributed by atoms with Crippen molar-refractivity contribution in [2.75, 3.05) is 12.4 Å². The molecule has 0 fully saturated rings. The lowest BCUT2D eigenvalue weighted by Gasteiger charge is -2.17. The van der Waals surface area contributed by atoms with Crippen molar-refractivity contribution in [1.82, 2.24) is 9.88 Å². The van der Waals surface area contributed by atoms with Crippen molar-refractivity contribution in [2.45, 2.75) is 13.5 Å². The number of aromatic nitrogens is 1. The zero-order chi connectivity index (χ0) is 16.9. The molecule has 2 aromatic carbocycles. The smallest absolute Gasteiger partial charge is 0.321 e. The standard InChI is InChI=1S/C19H19N3OS/c1-14-20-18(13-24-14)12-22(2)19(23)21-17-10-8-16(9-11-17)15-6-4-3-5-7-15/h3-11,13H,12H2,1-2H3,(H,21,23). The molecule has 1 heterocycles. The topological polar surface area (TPSA) is 45.2 Å². The minimum Gasteiger partial charge on any atom is -0.322 e. The van der Waals surface area contributed by atoms with E-state index in [1.165, 1.54) is 0 Å². The van der Waals surface area contributed by atoms with Crippen molar-refractivity contribution in [1.29, 1.82) is 0 Å². The van der Waals surface area contributed by atoms with Gasteiger partial charge in [0.1, 0.15) is 0 Å². The van der Waals surface area contributed by atoms with E-state index in [0.717, 1.165) is 27.5 Å². The second-order valence-corrected chi connectivity index (χ2v) is 6.65. The van der Waals surface area contributed by atoms with Crippen LogP contribution < -0.4 is 5.32 Å². The fraction of sp³-hybridized carbons (Fsp3) is 0.158. The van der Waals surface area contributed by atoms with Gasteiger partial charge >= 0.3 is 6.03 Å². The number of carbonyl (C=O) groups is 1. The first kappa shape index (κ1) is 16.2. The van der Waals surface area contributed by atoms with Crippen LogP contribution in [0.1, 0.15) is 10.7 Å². The fourth-order valence-electron chi connectivity index (χ4n) is 2.39. The van der Waals surface area contributed by atoms with E-state index < -0.39 is 0 Å². The quantitative estimate of drug-likeness (QED) is 0.744. The summed E-state index contributed by atoms with van der Waals surface area (Å²) in [6, 6.07) is 17.9. The van der Waals surface area contributed by atoms with Crippen molar-refractivity contribution < 1.29 is 4.79 Å². The van der Waals surface area contributed by atoms with Crippen LogP contribution in [0.4, 0.5) is 10.5 Å². The van der Waals surface area contributed by atoms with Crippen LogP contribution in [0, 0.1) is 6.92 Å². The molecule has 0 aliphatic carbocycles. The van der Waals surface area contributed by atoms with Crippen molar-refractivity contribution in [3.05, 3.63) is 70.7 Å². The molecular weight excluding hydrogens is 318 g/mol. The summed E-state index contributed by atoms with van der Waals surface area (Å²) in [5.74, 6) is 0. The molecule has 3 rings (SSSR count). The normalized spacial score (nSPS) is 10.4.